The maximum atomic E-state index is 12.6. The van der Waals surface area contributed by atoms with Crippen molar-refractivity contribution >= 4 is 17.5 Å². The number of nitrogens with one attached hydrogen (secondary N) is 1. The number of rotatable bonds is 6. The van der Waals surface area contributed by atoms with Crippen LogP contribution in [0.4, 0.5) is 0 Å². The highest BCUT2D eigenvalue weighted by molar-refractivity contribution is 6.30. The molecule has 2 aliphatic heterocycles. The van der Waals surface area contributed by atoms with Crippen LogP contribution in [0, 0.1) is 0 Å². The SMILES string of the molecule is C[C@H](NCC(=O)N1CCN(Cc2ccc3c(c2)OCO3)CC1)c1cccc(Cl)c1. The van der Waals surface area contributed by atoms with Crippen LogP contribution in [-0.4, -0.2) is 55.2 Å². The molecule has 1 N–H and O–H groups in total. The Hall–Kier alpha value is -2.28. The van der Waals surface area contributed by atoms with E-state index in [-0.39, 0.29) is 11.9 Å². The van der Waals surface area contributed by atoms with Crippen molar-refractivity contribution in [1.82, 2.24) is 15.1 Å². The summed E-state index contributed by atoms with van der Waals surface area (Å²) in [5.74, 6) is 1.77. The second-order valence-electron chi connectivity index (χ2n) is 7.50. The lowest BCUT2D eigenvalue weighted by molar-refractivity contribution is -0.132. The Balaban J connectivity index is 1.22. The first kappa shape index (κ1) is 20.0. The summed E-state index contributed by atoms with van der Waals surface area (Å²) in [6.45, 7) is 6.74. The minimum Gasteiger partial charge on any atom is -0.454 e. The molecule has 0 saturated carbocycles. The summed E-state index contributed by atoms with van der Waals surface area (Å²) in [6, 6.07) is 13.9. The number of hydrogen-bond acceptors (Lipinski definition) is 5. The maximum Gasteiger partial charge on any atom is 0.236 e. The van der Waals surface area contributed by atoms with Gasteiger partial charge in [-0.15, -0.1) is 0 Å². The average Bonchev–Trinajstić information content (AvgIpc) is 3.20. The monoisotopic (exact) mass is 415 g/mol. The topological polar surface area (TPSA) is 54.0 Å². The van der Waals surface area contributed by atoms with Crippen molar-refractivity contribution in [3.8, 4) is 11.5 Å². The first-order chi connectivity index (χ1) is 14.1. The lowest BCUT2D eigenvalue weighted by Crippen LogP contribution is -2.50. The van der Waals surface area contributed by atoms with E-state index in [2.05, 4.69) is 16.3 Å². The largest absolute Gasteiger partial charge is 0.454 e. The van der Waals surface area contributed by atoms with E-state index in [0.717, 1.165) is 49.8 Å². The average molecular weight is 416 g/mol. The van der Waals surface area contributed by atoms with E-state index in [1.54, 1.807) is 0 Å². The summed E-state index contributed by atoms with van der Waals surface area (Å²) < 4.78 is 10.8. The summed E-state index contributed by atoms with van der Waals surface area (Å²) in [7, 11) is 0. The summed E-state index contributed by atoms with van der Waals surface area (Å²) in [5, 5.41) is 4.02. The molecule has 0 aliphatic carbocycles. The van der Waals surface area contributed by atoms with Crippen LogP contribution in [0.1, 0.15) is 24.1 Å². The number of piperazine rings is 1. The molecule has 2 aromatic rings. The maximum absolute atomic E-state index is 12.6. The van der Waals surface area contributed by atoms with E-state index in [0.29, 0.717) is 18.4 Å². The second-order valence-corrected chi connectivity index (χ2v) is 7.94. The molecule has 6 nitrogen and oxygen atoms in total. The molecule has 0 radical (unpaired) electrons. The summed E-state index contributed by atoms with van der Waals surface area (Å²) in [6.07, 6.45) is 0. The zero-order chi connectivity index (χ0) is 20.2. The Labute approximate surface area is 176 Å². The third kappa shape index (κ3) is 5.01. The van der Waals surface area contributed by atoms with Crippen LogP contribution in [0.2, 0.25) is 5.02 Å². The normalized spacial score (nSPS) is 17.4. The lowest BCUT2D eigenvalue weighted by Gasteiger charge is -2.35. The van der Waals surface area contributed by atoms with E-state index in [1.165, 1.54) is 5.56 Å². The number of ether oxygens (including phenoxy) is 2. The molecule has 1 fully saturated rings. The van der Waals surface area contributed by atoms with Crippen LogP contribution >= 0.6 is 11.6 Å². The lowest BCUT2D eigenvalue weighted by atomic mass is 10.1. The van der Waals surface area contributed by atoms with E-state index in [9.17, 15) is 4.79 Å². The van der Waals surface area contributed by atoms with Gasteiger partial charge in [-0.05, 0) is 42.3 Å². The van der Waals surface area contributed by atoms with Crippen LogP contribution in [-0.2, 0) is 11.3 Å². The Kier molecular flexibility index (Phi) is 6.23. The molecule has 154 valence electrons. The predicted octanol–water partition coefficient (Wildman–Crippen LogP) is 3.06. The van der Waals surface area contributed by atoms with Gasteiger partial charge >= 0.3 is 0 Å². The van der Waals surface area contributed by atoms with Gasteiger partial charge in [-0.25, -0.2) is 0 Å². The van der Waals surface area contributed by atoms with Crippen molar-refractivity contribution in [2.75, 3.05) is 39.5 Å². The first-order valence-electron chi connectivity index (χ1n) is 9.96. The molecule has 0 aromatic heterocycles. The number of benzene rings is 2. The molecule has 2 aliphatic rings. The van der Waals surface area contributed by atoms with Gasteiger partial charge in [0.2, 0.25) is 12.7 Å². The molecule has 1 amide bonds. The van der Waals surface area contributed by atoms with Crippen LogP contribution in [0.3, 0.4) is 0 Å². The van der Waals surface area contributed by atoms with Gasteiger partial charge < -0.3 is 19.7 Å². The Morgan fingerprint density at radius 3 is 2.69 bits per heavy atom. The molecule has 0 unspecified atom stereocenters. The third-order valence-electron chi connectivity index (χ3n) is 5.48. The fourth-order valence-corrected chi connectivity index (χ4v) is 3.90. The molecule has 1 atom stereocenters. The molecular formula is C22H26ClN3O3. The van der Waals surface area contributed by atoms with Gasteiger partial charge in [-0.1, -0.05) is 29.8 Å². The zero-order valence-corrected chi connectivity index (χ0v) is 17.3. The smallest absolute Gasteiger partial charge is 0.236 e. The number of carbonyl (C=O) groups excluding carboxylic acids is 1. The fourth-order valence-electron chi connectivity index (χ4n) is 3.70. The van der Waals surface area contributed by atoms with Gasteiger partial charge in [-0.3, -0.25) is 9.69 Å². The quantitative estimate of drug-likeness (QED) is 0.785. The highest BCUT2D eigenvalue weighted by Gasteiger charge is 2.22. The minimum absolute atomic E-state index is 0.0740. The van der Waals surface area contributed by atoms with Crippen LogP contribution in [0.15, 0.2) is 42.5 Å². The van der Waals surface area contributed by atoms with Crippen LogP contribution in [0.25, 0.3) is 0 Å². The van der Waals surface area contributed by atoms with Crippen molar-refractivity contribution in [2.45, 2.75) is 19.5 Å². The first-order valence-corrected chi connectivity index (χ1v) is 10.3. The van der Waals surface area contributed by atoms with Crippen molar-refractivity contribution in [2.24, 2.45) is 0 Å². The van der Waals surface area contributed by atoms with E-state index in [4.69, 9.17) is 21.1 Å². The number of carbonyl (C=O) groups is 1. The third-order valence-corrected chi connectivity index (χ3v) is 5.71. The van der Waals surface area contributed by atoms with Crippen molar-refractivity contribution in [3.63, 3.8) is 0 Å². The molecule has 2 heterocycles. The van der Waals surface area contributed by atoms with E-state index < -0.39 is 0 Å². The fraction of sp³-hybridized carbons (Fsp3) is 0.409. The molecule has 1 saturated heterocycles. The standard InChI is InChI=1S/C22H26ClN3O3/c1-16(18-3-2-4-19(23)12-18)24-13-22(27)26-9-7-25(8-10-26)14-17-5-6-20-21(11-17)29-15-28-20/h2-6,11-12,16,24H,7-10,13-15H2,1H3/t16-/m0/s1. The second kappa shape index (κ2) is 9.03. The molecule has 0 bridgehead atoms. The minimum atomic E-state index is 0.0740. The summed E-state index contributed by atoms with van der Waals surface area (Å²) in [4.78, 5) is 16.9. The number of amides is 1. The summed E-state index contributed by atoms with van der Waals surface area (Å²) in [5.41, 5.74) is 2.28. The predicted molar refractivity (Wildman–Crippen MR) is 112 cm³/mol. The highest BCUT2D eigenvalue weighted by atomic mass is 35.5. The molecule has 4 rings (SSSR count). The summed E-state index contributed by atoms with van der Waals surface area (Å²) >= 11 is 6.05. The van der Waals surface area contributed by atoms with Crippen molar-refractivity contribution < 1.29 is 14.3 Å². The van der Waals surface area contributed by atoms with Gasteiger partial charge in [0.1, 0.15) is 0 Å². The molecule has 29 heavy (non-hydrogen) atoms. The van der Waals surface area contributed by atoms with Gasteiger partial charge in [0.25, 0.3) is 0 Å². The van der Waals surface area contributed by atoms with Crippen molar-refractivity contribution in [3.05, 3.63) is 58.6 Å². The van der Waals surface area contributed by atoms with Gasteiger partial charge in [0.05, 0.1) is 6.54 Å². The highest BCUT2D eigenvalue weighted by Crippen LogP contribution is 2.32. The van der Waals surface area contributed by atoms with Gasteiger partial charge in [0, 0.05) is 43.8 Å². The number of halogens is 1. The van der Waals surface area contributed by atoms with E-state index >= 15 is 0 Å². The number of fused-ring (bicyclic) bond motifs is 1. The Morgan fingerprint density at radius 1 is 1.10 bits per heavy atom. The molecule has 7 heteroatoms. The zero-order valence-electron chi connectivity index (χ0n) is 16.6. The van der Waals surface area contributed by atoms with E-state index in [1.807, 2.05) is 48.2 Å². The number of hydrogen-bond donors (Lipinski definition) is 1. The van der Waals surface area contributed by atoms with Crippen molar-refractivity contribution in [1.29, 1.82) is 0 Å². The van der Waals surface area contributed by atoms with Crippen LogP contribution in [0.5, 0.6) is 11.5 Å². The number of nitrogens with zero attached hydrogens (tertiary/aromatic N) is 2. The Morgan fingerprint density at radius 2 is 1.90 bits per heavy atom. The molecule has 2 aromatic carbocycles. The molecular weight excluding hydrogens is 390 g/mol. The van der Waals surface area contributed by atoms with Gasteiger partial charge in [-0.2, -0.15) is 0 Å². The molecule has 0 spiro atoms. The van der Waals surface area contributed by atoms with Crippen LogP contribution < -0.4 is 14.8 Å². The van der Waals surface area contributed by atoms with Gasteiger partial charge in [0.15, 0.2) is 11.5 Å². The Bertz CT molecular complexity index is 868.